The van der Waals surface area contributed by atoms with Crippen LogP contribution in [0.5, 0.6) is 0 Å². The van der Waals surface area contributed by atoms with Gasteiger partial charge in [0.25, 0.3) is 0 Å². The number of carbonyl (C=O) groups is 2. The molecule has 5 heteroatoms. The molecule has 2 aliphatic carbocycles. The Labute approximate surface area is 179 Å². The lowest BCUT2D eigenvalue weighted by Gasteiger charge is -2.47. The molecule has 5 nitrogen and oxygen atoms in total. The van der Waals surface area contributed by atoms with Crippen LogP contribution in [0.4, 0.5) is 0 Å². The molecule has 3 aliphatic rings. The maximum Gasteiger partial charge on any atom is 0.308 e. The van der Waals surface area contributed by atoms with Crippen molar-refractivity contribution in [2.75, 3.05) is 0 Å². The number of aliphatic hydroxyl groups excluding tert-OH is 1. The first-order valence-corrected chi connectivity index (χ1v) is 11.3. The largest absolute Gasteiger partial charge is 0.462 e. The second-order valence-electron chi connectivity index (χ2n) is 9.44. The van der Waals surface area contributed by atoms with Crippen molar-refractivity contribution in [1.82, 2.24) is 0 Å². The SMILES string of the molecule is [2H]C([2H])([2H])[C@H](CC)C(=O)O[C@H]1C[C@@H](C)C[C@@H]2C=C[C@H](C)[C@H](CC[C@@H]3C[C@@H](O)CC(=O)O3)[C@@H]12. The lowest BCUT2D eigenvalue weighted by atomic mass is 9.60. The van der Waals surface area contributed by atoms with Gasteiger partial charge in [-0.25, -0.2) is 0 Å². The van der Waals surface area contributed by atoms with Gasteiger partial charge in [0.15, 0.2) is 0 Å². The maximum atomic E-state index is 12.9. The molecular weight excluding hydrogens is 368 g/mol. The highest BCUT2D eigenvalue weighted by molar-refractivity contribution is 5.72. The van der Waals surface area contributed by atoms with E-state index in [0.717, 1.165) is 19.3 Å². The van der Waals surface area contributed by atoms with E-state index in [0.29, 0.717) is 18.8 Å². The first kappa shape index (κ1) is 18.4. The van der Waals surface area contributed by atoms with Crippen LogP contribution in [0.2, 0.25) is 0 Å². The number of hydrogen-bond acceptors (Lipinski definition) is 5. The fourth-order valence-corrected chi connectivity index (χ4v) is 5.56. The molecule has 2 fully saturated rings. The van der Waals surface area contributed by atoms with Crippen molar-refractivity contribution in [3.8, 4) is 0 Å². The van der Waals surface area contributed by atoms with E-state index in [1.54, 1.807) is 6.92 Å². The van der Waals surface area contributed by atoms with E-state index in [4.69, 9.17) is 13.6 Å². The molecule has 29 heavy (non-hydrogen) atoms. The first-order chi connectivity index (χ1) is 15.0. The first-order valence-electron chi connectivity index (χ1n) is 12.8. The molecule has 0 bridgehead atoms. The number of cyclic esters (lactones) is 1. The Kier molecular flexibility index (Phi) is 6.12. The van der Waals surface area contributed by atoms with E-state index < -0.39 is 24.8 Å². The highest BCUT2D eigenvalue weighted by atomic mass is 16.5. The van der Waals surface area contributed by atoms with Crippen LogP contribution in [0.15, 0.2) is 12.2 Å². The van der Waals surface area contributed by atoms with Crippen LogP contribution in [0.3, 0.4) is 0 Å². The third-order valence-electron chi connectivity index (χ3n) is 7.08. The van der Waals surface area contributed by atoms with Gasteiger partial charge in [0.2, 0.25) is 0 Å². The molecule has 0 spiro atoms. The summed E-state index contributed by atoms with van der Waals surface area (Å²) in [5.41, 5.74) is 0. The number of hydrogen-bond donors (Lipinski definition) is 1. The standard InChI is InChI=1S/C24H38O5/c1-5-15(3)24(27)29-21-11-14(2)10-17-7-6-16(4)20(23(17)21)9-8-19-12-18(25)13-22(26)28-19/h6-7,14-21,23,25H,5,8-13H2,1-4H3/t14-,15+,16-,17-,18+,19+,20-,21-,23-/m0/s1/i3D3. The second-order valence-corrected chi connectivity index (χ2v) is 9.44. The number of ether oxygens (including phenoxy) is 2. The minimum absolute atomic E-state index is 0.0573. The summed E-state index contributed by atoms with van der Waals surface area (Å²) >= 11 is 0. The van der Waals surface area contributed by atoms with Crippen LogP contribution in [0.1, 0.15) is 76.7 Å². The van der Waals surface area contributed by atoms with Gasteiger partial charge in [0.05, 0.1) is 18.4 Å². The molecule has 1 aliphatic heterocycles. The molecule has 1 heterocycles. The van der Waals surface area contributed by atoms with E-state index in [1.807, 2.05) is 0 Å². The van der Waals surface area contributed by atoms with Crippen LogP contribution in [-0.4, -0.2) is 35.4 Å². The summed E-state index contributed by atoms with van der Waals surface area (Å²) in [5, 5.41) is 9.92. The van der Waals surface area contributed by atoms with E-state index >= 15 is 0 Å². The number of allylic oxidation sites excluding steroid dienone is 2. The highest BCUT2D eigenvalue weighted by Crippen LogP contribution is 2.48. The maximum absolute atomic E-state index is 12.9. The Hall–Kier alpha value is -1.36. The molecular formula is C24H38O5. The van der Waals surface area contributed by atoms with E-state index in [-0.39, 0.29) is 54.7 Å². The molecule has 1 N–H and O–H groups in total. The molecule has 0 aromatic heterocycles. The highest BCUT2D eigenvalue weighted by Gasteiger charge is 2.45. The van der Waals surface area contributed by atoms with E-state index in [9.17, 15) is 14.7 Å². The van der Waals surface area contributed by atoms with Gasteiger partial charge in [-0.15, -0.1) is 0 Å². The van der Waals surface area contributed by atoms with Gasteiger partial charge < -0.3 is 14.6 Å². The summed E-state index contributed by atoms with van der Waals surface area (Å²) in [4.78, 5) is 24.6. The van der Waals surface area contributed by atoms with Crippen molar-refractivity contribution in [2.45, 2.75) is 90.9 Å². The molecule has 9 atom stereocenters. The zero-order valence-corrected chi connectivity index (χ0v) is 17.9. The molecule has 0 radical (unpaired) electrons. The van der Waals surface area contributed by atoms with Crippen LogP contribution in [0, 0.1) is 35.5 Å². The normalized spacial score (nSPS) is 42.6. The second kappa shape index (κ2) is 9.63. The third kappa shape index (κ3) is 5.42. The smallest absolute Gasteiger partial charge is 0.308 e. The average molecular weight is 410 g/mol. The van der Waals surface area contributed by atoms with Gasteiger partial charge in [-0.2, -0.15) is 0 Å². The molecule has 164 valence electrons. The molecule has 1 saturated heterocycles. The van der Waals surface area contributed by atoms with E-state index in [1.165, 1.54) is 0 Å². The lowest BCUT2D eigenvalue weighted by Crippen LogP contribution is -2.46. The predicted molar refractivity (Wildman–Crippen MR) is 111 cm³/mol. The fraction of sp³-hybridized carbons (Fsp3) is 0.833. The number of rotatable bonds is 6. The Bertz CT molecular complexity index is 706. The van der Waals surface area contributed by atoms with Gasteiger partial charge in [-0.05, 0) is 55.8 Å². The van der Waals surface area contributed by atoms with Gasteiger partial charge in [0.1, 0.15) is 12.2 Å². The van der Waals surface area contributed by atoms with Crippen molar-refractivity contribution in [3.63, 3.8) is 0 Å². The molecule has 1 saturated carbocycles. The summed E-state index contributed by atoms with van der Waals surface area (Å²) in [6.07, 6.45) is 7.20. The van der Waals surface area contributed by atoms with Gasteiger partial charge >= 0.3 is 11.9 Å². The van der Waals surface area contributed by atoms with Gasteiger partial charge in [-0.1, -0.05) is 39.8 Å². The average Bonchev–Trinajstić information content (AvgIpc) is 2.66. The lowest BCUT2D eigenvalue weighted by molar-refractivity contribution is -0.166. The zero-order chi connectivity index (χ0) is 23.6. The fourth-order valence-electron chi connectivity index (χ4n) is 5.56. The summed E-state index contributed by atoms with van der Waals surface area (Å²) in [7, 11) is 0. The van der Waals surface area contributed by atoms with Crippen molar-refractivity contribution in [1.29, 1.82) is 0 Å². The molecule has 0 unspecified atom stereocenters. The van der Waals surface area contributed by atoms with Gasteiger partial charge in [0, 0.05) is 16.5 Å². The molecule has 0 aromatic rings. The summed E-state index contributed by atoms with van der Waals surface area (Å²) < 4.78 is 34.5. The van der Waals surface area contributed by atoms with Crippen LogP contribution in [0.25, 0.3) is 0 Å². The van der Waals surface area contributed by atoms with Crippen LogP contribution < -0.4 is 0 Å². The van der Waals surface area contributed by atoms with Gasteiger partial charge in [-0.3, -0.25) is 9.59 Å². The van der Waals surface area contributed by atoms with Crippen molar-refractivity contribution in [2.24, 2.45) is 35.5 Å². The Morgan fingerprint density at radius 3 is 2.79 bits per heavy atom. The third-order valence-corrected chi connectivity index (χ3v) is 7.08. The Morgan fingerprint density at radius 2 is 2.10 bits per heavy atom. The minimum atomic E-state index is -2.36. The van der Waals surface area contributed by atoms with Crippen molar-refractivity contribution in [3.05, 3.63) is 12.2 Å². The summed E-state index contributed by atoms with van der Waals surface area (Å²) in [5.74, 6) is -0.766. The van der Waals surface area contributed by atoms with Crippen LogP contribution in [-0.2, 0) is 19.1 Å². The summed E-state index contributed by atoms with van der Waals surface area (Å²) in [6.45, 7) is 3.66. The number of esters is 2. The Morgan fingerprint density at radius 1 is 1.31 bits per heavy atom. The monoisotopic (exact) mass is 409 g/mol. The van der Waals surface area contributed by atoms with Crippen LogP contribution >= 0.6 is 0 Å². The molecule has 3 rings (SSSR count). The number of carbonyl (C=O) groups excluding carboxylic acids is 2. The van der Waals surface area contributed by atoms with Crippen molar-refractivity contribution >= 4 is 11.9 Å². The number of aliphatic hydroxyl groups is 1. The van der Waals surface area contributed by atoms with E-state index in [2.05, 4.69) is 26.0 Å². The zero-order valence-electron chi connectivity index (χ0n) is 20.9. The predicted octanol–water partition coefficient (Wildman–Crippen LogP) is 4.28. The Balaban J connectivity index is 1.75. The van der Waals surface area contributed by atoms with Crippen molar-refractivity contribution < 1.29 is 28.3 Å². The quantitative estimate of drug-likeness (QED) is 0.524. The minimum Gasteiger partial charge on any atom is -0.462 e. The summed E-state index contributed by atoms with van der Waals surface area (Å²) in [6, 6.07) is 0. The molecule has 0 aromatic carbocycles. The number of fused-ring (bicyclic) bond motifs is 1. The topological polar surface area (TPSA) is 72.8 Å². The molecule has 0 amide bonds.